The first-order valence-corrected chi connectivity index (χ1v) is 7.32. The largest absolute Gasteiger partial charge is 0.484 e. The van der Waals surface area contributed by atoms with Gasteiger partial charge in [0, 0.05) is 0 Å². The van der Waals surface area contributed by atoms with Crippen molar-refractivity contribution in [3.63, 3.8) is 0 Å². The highest BCUT2D eigenvalue weighted by Crippen LogP contribution is 2.24. The van der Waals surface area contributed by atoms with Crippen molar-refractivity contribution < 1.29 is 14.3 Å². The van der Waals surface area contributed by atoms with Gasteiger partial charge in [-0.05, 0) is 43.3 Å². The van der Waals surface area contributed by atoms with Gasteiger partial charge in [0.2, 0.25) is 5.95 Å². The van der Waals surface area contributed by atoms with E-state index in [4.69, 9.17) is 9.47 Å². The molecule has 0 saturated carbocycles. The van der Waals surface area contributed by atoms with Crippen LogP contribution in [0.1, 0.15) is 5.56 Å². The highest BCUT2D eigenvalue weighted by Gasteiger charge is 2.05. The number of rotatable bonds is 6. The van der Waals surface area contributed by atoms with Crippen LogP contribution in [-0.2, 0) is 4.79 Å². The molecule has 0 aliphatic rings. The Kier molecular flexibility index (Phi) is 4.71. The number of carbonyl (C=O) groups is 1. The lowest BCUT2D eigenvalue weighted by molar-refractivity contribution is -0.118. The second kappa shape index (κ2) is 7.28. The number of anilines is 1. The van der Waals surface area contributed by atoms with Gasteiger partial charge < -0.3 is 9.47 Å². The molecule has 1 heterocycles. The third-order valence-corrected chi connectivity index (χ3v) is 3.12. The van der Waals surface area contributed by atoms with Crippen LogP contribution in [0.4, 0.5) is 5.95 Å². The summed E-state index contributed by atoms with van der Waals surface area (Å²) in [6, 6.07) is 14.8. The molecule has 0 unspecified atom stereocenters. The van der Waals surface area contributed by atoms with Crippen molar-refractivity contribution in [2.45, 2.75) is 6.92 Å². The lowest BCUT2D eigenvalue weighted by atomic mass is 10.2. The lowest BCUT2D eigenvalue weighted by Gasteiger charge is -2.08. The Morgan fingerprint density at radius 3 is 2.29 bits per heavy atom. The summed E-state index contributed by atoms with van der Waals surface area (Å²) in [5.74, 6) is 1.98. The molecular formula is C17H16N4O3. The van der Waals surface area contributed by atoms with Crippen LogP contribution in [0.3, 0.4) is 0 Å². The van der Waals surface area contributed by atoms with Gasteiger partial charge in [0.15, 0.2) is 6.61 Å². The number of carbonyl (C=O) groups excluding carboxylic acids is 1. The number of hydrogen-bond donors (Lipinski definition) is 2. The molecule has 7 heteroatoms. The second-order valence-corrected chi connectivity index (χ2v) is 5.06. The van der Waals surface area contributed by atoms with Crippen LogP contribution in [0.25, 0.3) is 0 Å². The van der Waals surface area contributed by atoms with Crippen molar-refractivity contribution in [1.82, 2.24) is 15.2 Å². The molecule has 0 fully saturated rings. The van der Waals surface area contributed by atoms with Crippen LogP contribution in [0.5, 0.6) is 17.2 Å². The predicted octanol–water partition coefficient (Wildman–Crippen LogP) is 2.92. The zero-order valence-corrected chi connectivity index (χ0v) is 13.0. The number of aromatic amines is 1. The molecule has 7 nitrogen and oxygen atoms in total. The van der Waals surface area contributed by atoms with E-state index in [-0.39, 0.29) is 18.5 Å². The van der Waals surface area contributed by atoms with Crippen molar-refractivity contribution in [2.75, 3.05) is 11.9 Å². The van der Waals surface area contributed by atoms with E-state index < -0.39 is 0 Å². The maximum absolute atomic E-state index is 11.7. The molecule has 0 atom stereocenters. The Morgan fingerprint density at radius 2 is 1.67 bits per heavy atom. The number of H-pyrrole nitrogens is 1. The Bertz CT molecular complexity index is 784. The van der Waals surface area contributed by atoms with E-state index in [1.807, 2.05) is 31.2 Å². The lowest BCUT2D eigenvalue weighted by Crippen LogP contribution is -2.20. The van der Waals surface area contributed by atoms with E-state index in [2.05, 4.69) is 20.5 Å². The highest BCUT2D eigenvalue weighted by molar-refractivity contribution is 5.90. The smallest absolute Gasteiger partial charge is 0.264 e. The van der Waals surface area contributed by atoms with E-state index >= 15 is 0 Å². The summed E-state index contributed by atoms with van der Waals surface area (Å²) in [7, 11) is 0. The standard InChI is InChI=1S/C17H16N4O3/c1-12-2-4-14(5-3-12)24-15-8-6-13(7-9-15)23-10-16(22)20-17-18-11-19-21-17/h2-9,11H,10H2,1H3,(H2,18,19,20,21,22). The fourth-order valence-corrected chi connectivity index (χ4v) is 1.93. The molecule has 2 aromatic carbocycles. The quantitative estimate of drug-likeness (QED) is 0.728. The SMILES string of the molecule is Cc1ccc(Oc2ccc(OCC(=O)Nc3ncn[nH]3)cc2)cc1. The fraction of sp³-hybridized carbons (Fsp3) is 0.118. The van der Waals surface area contributed by atoms with E-state index in [0.29, 0.717) is 11.5 Å². The second-order valence-electron chi connectivity index (χ2n) is 5.06. The van der Waals surface area contributed by atoms with Crippen LogP contribution < -0.4 is 14.8 Å². The van der Waals surface area contributed by atoms with Crippen molar-refractivity contribution >= 4 is 11.9 Å². The topological polar surface area (TPSA) is 89.1 Å². The zero-order chi connectivity index (χ0) is 16.8. The predicted molar refractivity (Wildman–Crippen MR) is 88.2 cm³/mol. The number of aryl methyl sites for hydroxylation is 1. The number of hydrogen-bond acceptors (Lipinski definition) is 5. The van der Waals surface area contributed by atoms with Crippen molar-refractivity contribution in [2.24, 2.45) is 0 Å². The van der Waals surface area contributed by atoms with Gasteiger partial charge >= 0.3 is 0 Å². The average Bonchev–Trinajstić information content (AvgIpc) is 3.09. The van der Waals surface area contributed by atoms with E-state index in [9.17, 15) is 4.79 Å². The normalized spacial score (nSPS) is 10.2. The molecule has 0 bridgehead atoms. The Labute approximate surface area is 138 Å². The summed E-state index contributed by atoms with van der Waals surface area (Å²) in [5, 5.41) is 8.69. The maximum Gasteiger partial charge on any atom is 0.264 e. The first-order chi connectivity index (χ1) is 11.7. The number of ether oxygens (including phenoxy) is 2. The number of aromatic nitrogens is 3. The van der Waals surface area contributed by atoms with Crippen molar-refractivity contribution in [3.05, 3.63) is 60.4 Å². The minimum Gasteiger partial charge on any atom is -0.484 e. The van der Waals surface area contributed by atoms with E-state index in [1.54, 1.807) is 24.3 Å². The third-order valence-electron chi connectivity index (χ3n) is 3.12. The van der Waals surface area contributed by atoms with Crippen LogP contribution in [0.15, 0.2) is 54.9 Å². The van der Waals surface area contributed by atoms with E-state index in [1.165, 1.54) is 11.9 Å². The minimum atomic E-state index is -0.327. The average molecular weight is 324 g/mol. The summed E-state index contributed by atoms with van der Waals surface area (Å²) in [4.78, 5) is 15.5. The maximum atomic E-state index is 11.7. The number of amides is 1. The van der Waals surface area contributed by atoms with Crippen LogP contribution in [-0.4, -0.2) is 27.7 Å². The van der Waals surface area contributed by atoms with Gasteiger partial charge in [-0.15, -0.1) is 0 Å². The van der Waals surface area contributed by atoms with Crippen LogP contribution in [0.2, 0.25) is 0 Å². The first kappa shape index (κ1) is 15.5. The minimum absolute atomic E-state index is 0.126. The molecule has 24 heavy (non-hydrogen) atoms. The van der Waals surface area contributed by atoms with E-state index in [0.717, 1.165) is 5.75 Å². The van der Waals surface area contributed by atoms with Gasteiger partial charge in [-0.2, -0.15) is 10.1 Å². The summed E-state index contributed by atoms with van der Waals surface area (Å²) in [6.07, 6.45) is 1.31. The molecule has 1 aromatic heterocycles. The zero-order valence-electron chi connectivity index (χ0n) is 13.0. The first-order valence-electron chi connectivity index (χ1n) is 7.32. The summed E-state index contributed by atoms with van der Waals surface area (Å²) in [6.45, 7) is 1.90. The fourth-order valence-electron chi connectivity index (χ4n) is 1.93. The summed E-state index contributed by atoms with van der Waals surface area (Å²) in [5.41, 5.74) is 1.18. The Hall–Kier alpha value is -3.35. The number of nitrogens with zero attached hydrogens (tertiary/aromatic N) is 2. The molecule has 3 aromatic rings. The molecule has 0 saturated heterocycles. The molecule has 0 radical (unpaired) electrons. The van der Waals surface area contributed by atoms with Crippen molar-refractivity contribution in [1.29, 1.82) is 0 Å². The van der Waals surface area contributed by atoms with Crippen LogP contribution in [0, 0.1) is 6.92 Å². The summed E-state index contributed by atoms with van der Waals surface area (Å²) < 4.78 is 11.1. The van der Waals surface area contributed by atoms with Gasteiger partial charge in [0.1, 0.15) is 23.6 Å². The van der Waals surface area contributed by atoms with Crippen LogP contribution >= 0.6 is 0 Å². The molecule has 3 rings (SSSR count). The Balaban J connectivity index is 1.50. The van der Waals surface area contributed by atoms with Gasteiger partial charge in [0.05, 0.1) is 0 Å². The number of nitrogens with one attached hydrogen (secondary N) is 2. The molecule has 0 aliphatic carbocycles. The van der Waals surface area contributed by atoms with Crippen molar-refractivity contribution in [3.8, 4) is 17.2 Å². The van der Waals surface area contributed by atoms with Gasteiger partial charge in [-0.1, -0.05) is 17.7 Å². The molecule has 1 amide bonds. The summed E-state index contributed by atoms with van der Waals surface area (Å²) >= 11 is 0. The van der Waals surface area contributed by atoms with Gasteiger partial charge in [-0.25, -0.2) is 5.10 Å². The van der Waals surface area contributed by atoms with Gasteiger partial charge in [-0.3, -0.25) is 10.1 Å². The highest BCUT2D eigenvalue weighted by atomic mass is 16.5. The molecule has 122 valence electrons. The molecule has 2 N–H and O–H groups in total. The number of benzene rings is 2. The Morgan fingerprint density at radius 1 is 1.04 bits per heavy atom. The third kappa shape index (κ3) is 4.33. The molecular weight excluding hydrogens is 308 g/mol. The molecule has 0 aliphatic heterocycles. The molecule has 0 spiro atoms. The monoisotopic (exact) mass is 324 g/mol. The van der Waals surface area contributed by atoms with Gasteiger partial charge in [0.25, 0.3) is 5.91 Å².